The van der Waals surface area contributed by atoms with Crippen LogP contribution >= 0.6 is 0 Å². The van der Waals surface area contributed by atoms with E-state index in [0.717, 1.165) is 29.2 Å². The van der Waals surface area contributed by atoms with Crippen LogP contribution in [0.15, 0.2) is 30.3 Å². The molecular weight excluding hydrogens is 276 g/mol. The van der Waals surface area contributed by atoms with Crippen LogP contribution in [0.2, 0.25) is 0 Å². The molecule has 0 spiro atoms. The summed E-state index contributed by atoms with van der Waals surface area (Å²) in [5, 5.41) is 11.9. The van der Waals surface area contributed by atoms with Gasteiger partial charge in [0.25, 0.3) is 0 Å². The number of aromatic nitrogens is 5. The Kier molecular flexibility index (Phi) is 4.00. The maximum absolute atomic E-state index is 4.51. The molecule has 22 heavy (non-hydrogen) atoms. The van der Waals surface area contributed by atoms with Crippen molar-refractivity contribution < 1.29 is 0 Å². The number of nitrogens with one attached hydrogen (secondary N) is 1. The summed E-state index contributed by atoms with van der Waals surface area (Å²) in [7, 11) is 0. The van der Waals surface area contributed by atoms with Gasteiger partial charge in [0.1, 0.15) is 5.82 Å². The molecule has 2 aromatic heterocycles. The SMILES string of the molecule is CCC(C)Nc1nc(C)nc2c1nnn2Cc1ccccc1. The number of hydrogen-bond donors (Lipinski definition) is 1. The number of benzene rings is 1. The van der Waals surface area contributed by atoms with Gasteiger partial charge in [0.15, 0.2) is 17.0 Å². The molecule has 0 aliphatic heterocycles. The molecule has 114 valence electrons. The van der Waals surface area contributed by atoms with Crippen LogP contribution in [0.5, 0.6) is 0 Å². The van der Waals surface area contributed by atoms with Gasteiger partial charge in [-0.3, -0.25) is 0 Å². The minimum absolute atomic E-state index is 0.330. The third-order valence-corrected chi connectivity index (χ3v) is 3.65. The molecule has 2 heterocycles. The number of anilines is 1. The minimum Gasteiger partial charge on any atom is -0.366 e. The highest BCUT2D eigenvalue weighted by Crippen LogP contribution is 2.19. The lowest BCUT2D eigenvalue weighted by atomic mass is 10.2. The van der Waals surface area contributed by atoms with E-state index in [9.17, 15) is 0 Å². The van der Waals surface area contributed by atoms with Crippen LogP contribution in [0.3, 0.4) is 0 Å². The van der Waals surface area contributed by atoms with Crippen LogP contribution in [0, 0.1) is 6.92 Å². The Bertz CT molecular complexity index is 765. The predicted octanol–water partition coefficient (Wildman–Crippen LogP) is 2.79. The summed E-state index contributed by atoms with van der Waals surface area (Å²) in [5.41, 5.74) is 2.66. The highest BCUT2D eigenvalue weighted by molar-refractivity contribution is 5.82. The molecular formula is C16H20N6. The van der Waals surface area contributed by atoms with Crippen molar-refractivity contribution >= 4 is 17.0 Å². The Morgan fingerprint density at radius 2 is 1.95 bits per heavy atom. The summed E-state index contributed by atoms with van der Waals surface area (Å²) >= 11 is 0. The summed E-state index contributed by atoms with van der Waals surface area (Å²) in [5.74, 6) is 1.48. The summed E-state index contributed by atoms with van der Waals surface area (Å²) in [6.45, 7) is 6.80. The van der Waals surface area contributed by atoms with Crippen molar-refractivity contribution in [3.05, 3.63) is 41.7 Å². The van der Waals surface area contributed by atoms with Crippen LogP contribution < -0.4 is 5.32 Å². The lowest BCUT2D eigenvalue weighted by Gasteiger charge is -2.12. The second-order valence-electron chi connectivity index (χ2n) is 5.48. The van der Waals surface area contributed by atoms with Gasteiger partial charge in [-0.25, -0.2) is 14.6 Å². The first kappa shape index (κ1) is 14.4. The Hall–Kier alpha value is -2.50. The van der Waals surface area contributed by atoms with E-state index in [4.69, 9.17) is 0 Å². The van der Waals surface area contributed by atoms with Crippen molar-refractivity contribution in [1.82, 2.24) is 25.0 Å². The monoisotopic (exact) mass is 296 g/mol. The van der Waals surface area contributed by atoms with E-state index in [-0.39, 0.29) is 0 Å². The van der Waals surface area contributed by atoms with Gasteiger partial charge in [-0.05, 0) is 25.8 Å². The zero-order valence-corrected chi connectivity index (χ0v) is 13.1. The number of hydrogen-bond acceptors (Lipinski definition) is 5. The number of aryl methyl sites for hydroxylation is 1. The van der Waals surface area contributed by atoms with Gasteiger partial charge >= 0.3 is 0 Å². The first-order chi connectivity index (χ1) is 10.7. The highest BCUT2D eigenvalue weighted by atomic mass is 15.4. The molecule has 1 atom stereocenters. The fourth-order valence-corrected chi connectivity index (χ4v) is 2.26. The van der Waals surface area contributed by atoms with E-state index in [2.05, 4.69) is 51.6 Å². The third-order valence-electron chi connectivity index (χ3n) is 3.65. The highest BCUT2D eigenvalue weighted by Gasteiger charge is 2.14. The average Bonchev–Trinajstić information content (AvgIpc) is 2.91. The largest absolute Gasteiger partial charge is 0.366 e. The van der Waals surface area contributed by atoms with Crippen LogP contribution in [0.4, 0.5) is 5.82 Å². The Morgan fingerprint density at radius 1 is 1.18 bits per heavy atom. The lowest BCUT2D eigenvalue weighted by molar-refractivity contribution is 0.663. The molecule has 0 amide bonds. The number of rotatable bonds is 5. The molecule has 1 N–H and O–H groups in total. The van der Waals surface area contributed by atoms with E-state index < -0.39 is 0 Å². The van der Waals surface area contributed by atoms with Crippen LogP contribution in [0.1, 0.15) is 31.7 Å². The molecule has 6 nitrogen and oxygen atoms in total. The fraction of sp³-hybridized carbons (Fsp3) is 0.375. The first-order valence-corrected chi connectivity index (χ1v) is 7.55. The molecule has 1 aromatic carbocycles. The van der Waals surface area contributed by atoms with E-state index in [1.807, 2.05) is 29.8 Å². The lowest BCUT2D eigenvalue weighted by Crippen LogP contribution is -2.15. The van der Waals surface area contributed by atoms with Gasteiger partial charge in [0.05, 0.1) is 6.54 Å². The summed E-state index contributed by atoms with van der Waals surface area (Å²) in [6, 6.07) is 10.5. The standard InChI is InChI=1S/C16H20N6/c1-4-11(2)17-15-14-16(19-12(3)18-15)22(21-20-14)10-13-8-6-5-7-9-13/h5-9,11H,4,10H2,1-3H3,(H,17,18,19). The van der Waals surface area contributed by atoms with Crippen LogP contribution in [0.25, 0.3) is 11.2 Å². The normalized spacial score (nSPS) is 12.5. The quantitative estimate of drug-likeness (QED) is 0.784. The molecule has 0 saturated heterocycles. The van der Waals surface area contributed by atoms with Gasteiger partial charge < -0.3 is 5.32 Å². The number of nitrogens with zero attached hydrogens (tertiary/aromatic N) is 5. The second kappa shape index (κ2) is 6.09. The Labute approximate surface area is 129 Å². The van der Waals surface area contributed by atoms with Crippen molar-refractivity contribution in [2.24, 2.45) is 0 Å². The topological polar surface area (TPSA) is 68.5 Å². The second-order valence-corrected chi connectivity index (χ2v) is 5.48. The summed E-state index contributed by atoms with van der Waals surface area (Å²) < 4.78 is 1.82. The molecule has 3 aromatic rings. The van der Waals surface area contributed by atoms with E-state index >= 15 is 0 Å². The van der Waals surface area contributed by atoms with Crippen molar-refractivity contribution in [3.8, 4) is 0 Å². The summed E-state index contributed by atoms with van der Waals surface area (Å²) in [6.07, 6.45) is 1.02. The van der Waals surface area contributed by atoms with Gasteiger partial charge in [0.2, 0.25) is 0 Å². The maximum atomic E-state index is 4.51. The van der Waals surface area contributed by atoms with Crippen molar-refractivity contribution in [2.75, 3.05) is 5.32 Å². The average molecular weight is 296 g/mol. The summed E-state index contributed by atoms with van der Waals surface area (Å²) in [4.78, 5) is 8.98. The van der Waals surface area contributed by atoms with Crippen molar-refractivity contribution in [1.29, 1.82) is 0 Å². The van der Waals surface area contributed by atoms with E-state index in [1.54, 1.807) is 0 Å². The molecule has 0 aliphatic carbocycles. The fourth-order valence-electron chi connectivity index (χ4n) is 2.26. The first-order valence-electron chi connectivity index (χ1n) is 7.55. The minimum atomic E-state index is 0.330. The smallest absolute Gasteiger partial charge is 0.184 e. The van der Waals surface area contributed by atoms with Crippen molar-refractivity contribution in [3.63, 3.8) is 0 Å². The van der Waals surface area contributed by atoms with Crippen LogP contribution in [-0.2, 0) is 6.54 Å². The Morgan fingerprint density at radius 3 is 2.68 bits per heavy atom. The van der Waals surface area contributed by atoms with Gasteiger partial charge in [-0.2, -0.15) is 0 Å². The maximum Gasteiger partial charge on any atom is 0.184 e. The molecule has 0 radical (unpaired) electrons. The van der Waals surface area contributed by atoms with E-state index in [0.29, 0.717) is 12.6 Å². The molecule has 0 aliphatic rings. The molecule has 3 rings (SSSR count). The Balaban J connectivity index is 2.00. The van der Waals surface area contributed by atoms with Gasteiger partial charge in [-0.1, -0.05) is 42.5 Å². The molecule has 6 heteroatoms. The predicted molar refractivity (Wildman–Crippen MR) is 86.8 cm³/mol. The van der Waals surface area contributed by atoms with Gasteiger partial charge in [0, 0.05) is 6.04 Å². The zero-order chi connectivity index (χ0) is 15.5. The van der Waals surface area contributed by atoms with E-state index in [1.165, 1.54) is 5.56 Å². The molecule has 0 bridgehead atoms. The van der Waals surface area contributed by atoms with Gasteiger partial charge in [-0.15, -0.1) is 5.10 Å². The zero-order valence-electron chi connectivity index (χ0n) is 13.1. The molecule has 0 fully saturated rings. The molecule has 0 saturated carbocycles. The molecule has 1 unspecified atom stereocenters. The number of fused-ring (bicyclic) bond motifs is 1. The van der Waals surface area contributed by atoms with Crippen molar-refractivity contribution in [2.45, 2.75) is 39.8 Å². The van der Waals surface area contributed by atoms with Crippen LogP contribution in [-0.4, -0.2) is 31.0 Å². The third kappa shape index (κ3) is 2.90.